The zero-order chi connectivity index (χ0) is 17.3. The molecule has 1 aliphatic rings. The second-order valence-corrected chi connectivity index (χ2v) is 6.82. The van der Waals surface area contributed by atoms with Gasteiger partial charge >= 0.3 is 0 Å². The Balaban J connectivity index is 1.76. The summed E-state index contributed by atoms with van der Waals surface area (Å²) in [5, 5.41) is 4.54. The Bertz CT molecular complexity index is 738. The number of carbonyl (C=O) groups excluding carboxylic acids is 1. The molecule has 0 bridgehead atoms. The standard InChI is InChI=1S/C19H24FN3O/c1-13(2)17-10-14(3)23(21-17)12-19(24)22-9-5-8-18(22)15-6-4-7-16(20)11-15/h4,6-7,10-11,13,18H,5,8-9,12H2,1-3H3/t18-/m0/s1. The van der Waals surface area contributed by atoms with E-state index in [4.69, 9.17) is 0 Å². The third kappa shape index (κ3) is 3.35. The molecule has 0 aliphatic carbocycles. The summed E-state index contributed by atoms with van der Waals surface area (Å²) >= 11 is 0. The Morgan fingerprint density at radius 2 is 2.17 bits per heavy atom. The summed E-state index contributed by atoms with van der Waals surface area (Å²) in [5.41, 5.74) is 2.87. The van der Waals surface area contributed by atoms with Crippen molar-refractivity contribution in [2.75, 3.05) is 6.54 Å². The molecule has 0 unspecified atom stereocenters. The van der Waals surface area contributed by atoms with Gasteiger partial charge < -0.3 is 4.90 Å². The second kappa shape index (κ2) is 6.75. The van der Waals surface area contributed by atoms with E-state index in [9.17, 15) is 9.18 Å². The van der Waals surface area contributed by atoms with E-state index >= 15 is 0 Å². The summed E-state index contributed by atoms with van der Waals surface area (Å²) in [5.74, 6) is 0.131. The van der Waals surface area contributed by atoms with Crippen molar-refractivity contribution in [1.82, 2.24) is 14.7 Å². The maximum atomic E-state index is 13.5. The number of hydrogen-bond donors (Lipinski definition) is 0. The van der Waals surface area contributed by atoms with Crippen molar-refractivity contribution in [2.45, 2.75) is 52.1 Å². The molecule has 1 saturated heterocycles. The smallest absolute Gasteiger partial charge is 0.244 e. The number of aryl methyl sites for hydroxylation is 1. The van der Waals surface area contributed by atoms with Crippen LogP contribution in [0.2, 0.25) is 0 Å². The molecule has 1 aromatic heterocycles. The summed E-state index contributed by atoms with van der Waals surface area (Å²) in [6.45, 7) is 7.12. The van der Waals surface area contributed by atoms with Crippen LogP contribution in [0.1, 0.15) is 55.6 Å². The highest BCUT2D eigenvalue weighted by molar-refractivity contribution is 5.77. The quantitative estimate of drug-likeness (QED) is 0.855. The number of aromatic nitrogens is 2. The Morgan fingerprint density at radius 3 is 2.83 bits per heavy atom. The second-order valence-electron chi connectivity index (χ2n) is 6.82. The topological polar surface area (TPSA) is 38.1 Å². The fourth-order valence-electron chi connectivity index (χ4n) is 3.32. The molecular formula is C19H24FN3O. The van der Waals surface area contributed by atoms with Crippen LogP contribution in [0.5, 0.6) is 0 Å². The van der Waals surface area contributed by atoms with Gasteiger partial charge in [0.2, 0.25) is 5.91 Å². The van der Waals surface area contributed by atoms with Crippen LogP contribution in [0.15, 0.2) is 30.3 Å². The van der Waals surface area contributed by atoms with Crippen LogP contribution in [0.4, 0.5) is 4.39 Å². The molecule has 0 N–H and O–H groups in total. The first-order valence-electron chi connectivity index (χ1n) is 8.55. The van der Waals surface area contributed by atoms with Crippen molar-refractivity contribution in [2.24, 2.45) is 0 Å². The Hall–Kier alpha value is -2.17. The summed E-state index contributed by atoms with van der Waals surface area (Å²) in [7, 11) is 0. The van der Waals surface area contributed by atoms with Gasteiger partial charge in [-0.15, -0.1) is 0 Å². The number of carbonyl (C=O) groups is 1. The molecule has 4 nitrogen and oxygen atoms in total. The number of nitrogens with zero attached hydrogens (tertiary/aromatic N) is 3. The van der Waals surface area contributed by atoms with E-state index in [-0.39, 0.29) is 24.3 Å². The summed E-state index contributed by atoms with van der Waals surface area (Å²) in [6, 6.07) is 8.57. The number of hydrogen-bond acceptors (Lipinski definition) is 2. The first-order valence-corrected chi connectivity index (χ1v) is 8.55. The van der Waals surface area contributed by atoms with E-state index in [1.54, 1.807) is 10.7 Å². The molecule has 128 valence electrons. The molecular weight excluding hydrogens is 305 g/mol. The van der Waals surface area contributed by atoms with Gasteiger partial charge in [-0.05, 0) is 49.4 Å². The zero-order valence-electron chi connectivity index (χ0n) is 14.5. The fraction of sp³-hybridized carbons (Fsp3) is 0.474. The molecule has 1 fully saturated rings. The first-order chi connectivity index (χ1) is 11.5. The SMILES string of the molecule is Cc1cc(C(C)C)nn1CC(=O)N1CCC[C@H]1c1cccc(F)c1. The molecule has 3 rings (SSSR count). The highest BCUT2D eigenvalue weighted by atomic mass is 19.1. The largest absolute Gasteiger partial charge is 0.334 e. The van der Waals surface area contributed by atoms with Gasteiger partial charge in [0, 0.05) is 12.2 Å². The van der Waals surface area contributed by atoms with Gasteiger partial charge in [-0.3, -0.25) is 9.48 Å². The van der Waals surface area contributed by atoms with E-state index < -0.39 is 0 Å². The average molecular weight is 329 g/mol. The van der Waals surface area contributed by atoms with E-state index in [0.29, 0.717) is 5.92 Å². The molecule has 1 atom stereocenters. The maximum Gasteiger partial charge on any atom is 0.244 e. The van der Waals surface area contributed by atoms with Gasteiger partial charge in [0.25, 0.3) is 0 Å². The predicted molar refractivity (Wildman–Crippen MR) is 91.1 cm³/mol. The van der Waals surface area contributed by atoms with E-state index in [2.05, 4.69) is 18.9 Å². The van der Waals surface area contributed by atoms with Gasteiger partial charge in [-0.2, -0.15) is 5.10 Å². The van der Waals surface area contributed by atoms with Crippen molar-refractivity contribution >= 4 is 5.91 Å². The van der Waals surface area contributed by atoms with Crippen molar-refractivity contribution in [3.05, 3.63) is 53.1 Å². The average Bonchev–Trinajstić information content (AvgIpc) is 3.15. The zero-order valence-corrected chi connectivity index (χ0v) is 14.5. The third-order valence-electron chi connectivity index (χ3n) is 4.68. The van der Waals surface area contributed by atoms with Crippen LogP contribution in [0.25, 0.3) is 0 Å². The molecule has 5 heteroatoms. The number of likely N-dealkylation sites (tertiary alicyclic amines) is 1. The van der Waals surface area contributed by atoms with Gasteiger partial charge in [-0.25, -0.2) is 4.39 Å². The van der Waals surface area contributed by atoms with Crippen molar-refractivity contribution in [3.8, 4) is 0 Å². The molecule has 2 heterocycles. The Kier molecular flexibility index (Phi) is 4.69. The third-order valence-corrected chi connectivity index (χ3v) is 4.68. The molecule has 0 spiro atoms. The minimum absolute atomic E-state index is 0.0337. The molecule has 24 heavy (non-hydrogen) atoms. The predicted octanol–water partition coefficient (Wildman–Crippen LogP) is 3.82. The maximum absolute atomic E-state index is 13.5. The normalized spacial score (nSPS) is 17.7. The van der Waals surface area contributed by atoms with Crippen LogP contribution in [-0.4, -0.2) is 27.1 Å². The lowest BCUT2D eigenvalue weighted by molar-refractivity contribution is -0.133. The molecule has 0 radical (unpaired) electrons. The fourth-order valence-corrected chi connectivity index (χ4v) is 3.32. The van der Waals surface area contributed by atoms with Crippen molar-refractivity contribution in [1.29, 1.82) is 0 Å². The van der Waals surface area contributed by atoms with Crippen LogP contribution in [0, 0.1) is 12.7 Å². The highest BCUT2D eigenvalue weighted by Gasteiger charge is 2.30. The summed E-state index contributed by atoms with van der Waals surface area (Å²) < 4.78 is 15.3. The van der Waals surface area contributed by atoms with E-state index in [1.807, 2.05) is 24.0 Å². The van der Waals surface area contributed by atoms with E-state index in [1.165, 1.54) is 12.1 Å². The lowest BCUT2D eigenvalue weighted by Gasteiger charge is -2.25. The first kappa shape index (κ1) is 16.7. The number of benzene rings is 1. The Morgan fingerprint density at radius 1 is 1.38 bits per heavy atom. The van der Waals surface area contributed by atoms with Crippen LogP contribution in [-0.2, 0) is 11.3 Å². The monoisotopic (exact) mass is 329 g/mol. The molecule has 0 saturated carbocycles. The molecule has 1 aromatic carbocycles. The van der Waals surface area contributed by atoms with E-state index in [0.717, 1.165) is 36.3 Å². The highest BCUT2D eigenvalue weighted by Crippen LogP contribution is 2.32. The number of amides is 1. The minimum Gasteiger partial charge on any atom is -0.334 e. The molecule has 1 aliphatic heterocycles. The van der Waals surface area contributed by atoms with Gasteiger partial charge in [0.05, 0.1) is 11.7 Å². The Labute approximate surface area is 142 Å². The molecule has 1 amide bonds. The summed E-state index contributed by atoms with van der Waals surface area (Å²) in [6.07, 6.45) is 1.83. The molecule has 2 aromatic rings. The van der Waals surface area contributed by atoms with Gasteiger partial charge in [0.1, 0.15) is 12.4 Å². The number of halogens is 1. The lowest BCUT2D eigenvalue weighted by atomic mass is 10.0. The van der Waals surface area contributed by atoms with Crippen LogP contribution >= 0.6 is 0 Å². The van der Waals surface area contributed by atoms with Crippen LogP contribution in [0.3, 0.4) is 0 Å². The lowest BCUT2D eigenvalue weighted by Crippen LogP contribution is -2.34. The van der Waals surface area contributed by atoms with Crippen molar-refractivity contribution < 1.29 is 9.18 Å². The summed E-state index contributed by atoms with van der Waals surface area (Å²) in [4.78, 5) is 14.7. The minimum atomic E-state index is -0.253. The van der Waals surface area contributed by atoms with Crippen molar-refractivity contribution in [3.63, 3.8) is 0 Å². The van der Waals surface area contributed by atoms with Gasteiger partial charge in [0.15, 0.2) is 0 Å². The number of rotatable bonds is 4. The van der Waals surface area contributed by atoms with Gasteiger partial charge in [-0.1, -0.05) is 26.0 Å². The van der Waals surface area contributed by atoms with Crippen LogP contribution < -0.4 is 0 Å².